The maximum atomic E-state index is 10.4. The van der Waals surface area contributed by atoms with E-state index in [2.05, 4.69) is 31.2 Å². The largest absolute Gasteiger partial charge is 0.386 e. The summed E-state index contributed by atoms with van der Waals surface area (Å²) in [6.07, 6.45) is 4.61. The van der Waals surface area contributed by atoms with Crippen molar-refractivity contribution in [3.8, 4) is 0 Å². The van der Waals surface area contributed by atoms with Gasteiger partial charge in [-0.2, -0.15) is 0 Å². The molecule has 0 bridgehead atoms. The first kappa shape index (κ1) is 14.6. The molecule has 1 aliphatic rings. The maximum absolute atomic E-state index is 10.4. The van der Waals surface area contributed by atoms with Crippen molar-refractivity contribution in [2.24, 2.45) is 5.92 Å². The van der Waals surface area contributed by atoms with Gasteiger partial charge in [0, 0.05) is 0 Å². The number of aliphatic hydroxyl groups excluding tert-OH is 1. The van der Waals surface area contributed by atoms with Gasteiger partial charge in [0.25, 0.3) is 0 Å². The van der Waals surface area contributed by atoms with E-state index >= 15 is 0 Å². The van der Waals surface area contributed by atoms with E-state index in [-0.39, 0.29) is 0 Å². The number of rotatable bonds is 4. The summed E-state index contributed by atoms with van der Waals surface area (Å²) in [6.45, 7) is 2.69. The molecule has 1 N–H and O–H groups in total. The molecule has 2 aromatic rings. The number of hydrogen-bond acceptors (Lipinski definition) is 2. The summed E-state index contributed by atoms with van der Waals surface area (Å²) in [5.41, 5.74) is 0.942. The van der Waals surface area contributed by atoms with Crippen molar-refractivity contribution in [2.45, 2.75) is 44.8 Å². The first-order chi connectivity index (χ1) is 10.2. The van der Waals surface area contributed by atoms with Crippen LogP contribution in [-0.2, 0) is 4.74 Å². The molecular formula is C19H24O2. The van der Waals surface area contributed by atoms with E-state index in [0.29, 0.717) is 12.7 Å². The average molecular weight is 284 g/mol. The standard InChI is InChI=1S/C19H24O2/c1-14-5-4-8-18(11-14)21-13-19(20)17-10-9-15-6-2-3-7-16(15)12-17/h2-3,6-7,9-10,12,14,18-20H,4-5,8,11,13H2,1H3. The number of benzene rings is 2. The third-order valence-electron chi connectivity index (χ3n) is 4.54. The summed E-state index contributed by atoms with van der Waals surface area (Å²) in [7, 11) is 0. The average Bonchev–Trinajstić information content (AvgIpc) is 2.52. The van der Waals surface area contributed by atoms with E-state index in [0.717, 1.165) is 24.3 Å². The summed E-state index contributed by atoms with van der Waals surface area (Å²) in [5.74, 6) is 0.751. The third-order valence-corrected chi connectivity index (χ3v) is 4.54. The maximum Gasteiger partial charge on any atom is 0.102 e. The predicted molar refractivity (Wildman–Crippen MR) is 86.3 cm³/mol. The molecule has 2 aromatic carbocycles. The molecular weight excluding hydrogens is 260 g/mol. The van der Waals surface area contributed by atoms with Crippen LogP contribution < -0.4 is 0 Å². The topological polar surface area (TPSA) is 29.5 Å². The van der Waals surface area contributed by atoms with Crippen LogP contribution in [-0.4, -0.2) is 17.8 Å². The van der Waals surface area contributed by atoms with Gasteiger partial charge in [0.1, 0.15) is 6.10 Å². The van der Waals surface area contributed by atoms with E-state index < -0.39 is 6.10 Å². The van der Waals surface area contributed by atoms with Crippen molar-refractivity contribution in [3.63, 3.8) is 0 Å². The molecule has 2 heteroatoms. The van der Waals surface area contributed by atoms with Gasteiger partial charge in [-0.05, 0) is 41.2 Å². The first-order valence-electron chi connectivity index (χ1n) is 8.01. The SMILES string of the molecule is CC1CCCC(OCC(O)c2ccc3ccccc3c2)C1. The van der Waals surface area contributed by atoms with Gasteiger partial charge in [-0.3, -0.25) is 0 Å². The Morgan fingerprint density at radius 2 is 1.95 bits per heavy atom. The van der Waals surface area contributed by atoms with Crippen molar-refractivity contribution in [1.29, 1.82) is 0 Å². The lowest BCUT2D eigenvalue weighted by atomic mass is 9.89. The smallest absolute Gasteiger partial charge is 0.102 e. The highest BCUT2D eigenvalue weighted by Gasteiger charge is 2.20. The van der Waals surface area contributed by atoms with Gasteiger partial charge in [0.05, 0.1) is 12.7 Å². The molecule has 2 nitrogen and oxygen atoms in total. The summed E-state index contributed by atoms with van der Waals surface area (Å²) in [5, 5.41) is 12.7. The monoisotopic (exact) mass is 284 g/mol. The molecule has 0 saturated heterocycles. The summed E-state index contributed by atoms with van der Waals surface area (Å²) in [6, 6.07) is 14.4. The van der Waals surface area contributed by atoms with Crippen LogP contribution in [0.25, 0.3) is 10.8 Å². The zero-order valence-corrected chi connectivity index (χ0v) is 12.7. The predicted octanol–water partition coefficient (Wildman–Crippen LogP) is 4.47. The molecule has 3 atom stereocenters. The fraction of sp³-hybridized carbons (Fsp3) is 0.474. The van der Waals surface area contributed by atoms with Crippen LogP contribution in [0.3, 0.4) is 0 Å². The minimum Gasteiger partial charge on any atom is -0.386 e. The van der Waals surface area contributed by atoms with Crippen LogP contribution in [0.4, 0.5) is 0 Å². The summed E-state index contributed by atoms with van der Waals surface area (Å²) < 4.78 is 5.93. The van der Waals surface area contributed by atoms with Crippen molar-refractivity contribution in [3.05, 3.63) is 48.0 Å². The van der Waals surface area contributed by atoms with E-state index in [1.807, 2.05) is 18.2 Å². The number of fused-ring (bicyclic) bond motifs is 1. The Morgan fingerprint density at radius 1 is 1.14 bits per heavy atom. The summed E-state index contributed by atoms with van der Waals surface area (Å²) >= 11 is 0. The van der Waals surface area contributed by atoms with Crippen LogP contribution in [0, 0.1) is 5.92 Å². The highest BCUT2D eigenvalue weighted by molar-refractivity contribution is 5.83. The summed E-state index contributed by atoms with van der Waals surface area (Å²) in [4.78, 5) is 0. The van der Waals surface area contributed by atoms with Crippen molar-refractivity contribution in [1.82, 2.24) is 0 Å². The Labute approximate surface area is 126 Å². The van der Waals surface area contributed by atoms with Crippen molar-refractivity contribution < 1.29 is 9.84 Å². The Kier molecular flexibility index (Phi) is 4.57. The zero-order chi connectivity index (χ0) is 14.7. The minimum absolute atomic E-state index is 0.323. The van der Waals surface area contributed by atoms with E-state index in [1.54, 1.807) is 0 Å². The number of ether oxygens (including phenoxy) is 1. The number of hydrogen-bond donors (Lipinski definition) is 1. The highest BCUT2D eigenvalue weighted by Crippen LogP contribution is 2.27. The fourth-order valence-electron chi connectivity index (χ4n) is 3.27. The molecule has 0 radical (unpaired) electrons. The van der Waals surface area contributed by atoms with Gasteiger partial charge >= 0.3 is 0 Å². The second-order valence-corrected chi connectivity index (χ2v) is 6.35. The Hall–Kier alpha value is -1.38. The van der Waals surface area contributed by atoms with Gasteiger partial charge in [0.15, 0.2) is 0 Å². The zero-order valence-electron chi connectivity index (χ0n) is 12.7. The van der Waals surface area contributed by atoms with Gasteiger partial charge in [0.2, 0.25) is 0 Å². The third kappa shape index (κ3) is 3.63. The van der Waals surface area contributed by atoms with Gasteiger partial charge in [-0.25, -0.2) is 0 Å². The Morgan fingerprint density at radius 3 is 2.76 bits per heavy atom. The van der Waals surface area contributed by atoms with Crippen LogP contribution in [0.15, 0.2) is 42.5 Å². The van der Waals surface area contributed by atoms with Crippen molar-refractivity contribution >= 4 is 10.8 Å². The molecule has 0 spiro atoms. The van der Waals surface area contributed by atoms with Gasteiger partial charge in [-0.15, -0.1) is 0 Å². The van der Waals surface area contributed by atoms with E-state index in [4.69, 9.17) is 4.74 Å². The van der Waals surface area contributed by atoms with Gasteiger partial charge < -0.3 is 9.84 Å². The molecule has 1 aliphatic carbocycles. The molecule has 21 heavy (non-hydrogen) atoms. The number of aliphatic hydroxyl groups is 1. The van der Waals surface area contributed by atoms with Crippen LogP contribution in [0.2, 0.25) is 0 Å². The molecule has 1 fully saturated rings. The van der Waals surface area contributed by atoms with E-state index in [1.165, 1.54) is 23.6 Å². The lowest BCUT2D eigenvalue weighted by Gasteiger charge is -2.27. The minimum atomic E-state index is -0.535. The van der Waals surface area contributed by atoms with Gasteiger partial charge in [-0.1, -0.05) is 56.2 Å². The molecule has 3 unspecified atom stereocenters. The highest BCUT2D eigenvalue weighted by atomic mass is 16.5. The molecule has 0 aromatic heterocycles. The van der Waals surface area contributed by atoms with Crippen LogP contribution in [0.5, 0.6) is 0 Å². The Bertz CT molecular complexity index is 593. The normalized spacial score (nSPS) is 24.1. The first-order valence-corrected chi connectivity index (χ1v) is 8.01. The molecule has 0 amide bonds. The van der Waals surface area contributed by atoms with Crippen LogP contribution in [0.1, 0.15) is 44.3 Å². The molecule has 3 rings (SSSR count). The Balaban J connectivity index is 1.62. The van der Waals surface area contributed by atoms with Crippen molar-refractivity contribution in [2.75, 3.05) is 6.61 Å². The fourth-order valence-corrected chi connectivity index (χ4v) is 3.27. The quantitative estimate of drug-likeness (QED) is 0.897. The lowest BCUT2D eigenvalue weighted by Crippen LogP contribution is -2.23. The van der Waals surface area contributed by atoms with E-state index in [9.17, 15) is 5.11 Å². The molecule has 1 saturated carbocycles. The molecule has 112 valence electrons. The second-order valence-electron chi connectivity index (χ2n) is 6.35. The molecule has 0 aliphatic heterocycles. The molecule has 0 heterocycles. The van der Waals surface area contributed by atoms with Crippen LogP contribution >= 0.6 is 0 Å². The second kappa shape index (κ2) is 6.59. The lowest BCUT2D eigenvalue weighted by molar-refractivity contribution is -0.0321.